The van der Waals surface area contributed by atoms with Crippen LogP contribution in [0, 0.1) is 5.82 Å². The highest BCUT2D eigenvalue weighted by molar-refractivity contribution is 9.08. The summed E-state index contributed by atoms with van der Waals surface area (Å²) in [5, 5.41) is 3.55. The fourth-order valence-electron chi connectivity index (χ4n) is 1.73. The Morgan fingerprint density at radius 1 is 1.15 bits per heavy atom. The van der Waals surface area contributed by atoms with Gasteiger partial charge in [-0.2, -0.15) is 0 Å². The summed E-state index contributed by atoms with van der Waals surface area (Å²) in [4.78, 5) is 11.9. The molecule has 2 aromatic carbocycles. The van der Waals surface area contributed by atoms with Gasteiger partial charge < -0.3 is 5.32 Å². The largest absolute Gasteiger partial charge is 0.348 e. The van der Waals surface area contributed by atoms with Crippen LogP contribution >= 0.6 is 27.5 Å². The molecule has 0 saturated carbocycles. The Morgan fingerprint density at radius 3 is 2.40 bits per heavy atom. The van der Waals surface area contributed by atoms with Crippen LogP contribution in [-0.4, -0.2) is 5.91 Å². The molecular formula is C15H12BrClFNO. The fourth-order valence-corrected chi connectivity index (χ4v) is 2.35. The summed E-state index contributed by atoms with van der Waals surface area (Å²) in [6.07, 6.45) is 0. The molecule has 0 aliphatic heterocycles. The van der Waals surface area contributed by atoms with Crippen molar-refractivity contribution in [1.82, 2.24) is 5.32 Å². The first-order valence-electron chi connectivity index (χ1n) is 5.98. The highest BCUT2D eigenvalue weighted by Gasteiger charge is 2.15. The summed E-state index contributed by atoms with van der Waals surface area (Å²) >= 11 is 9.20. The van der Waals surface area contributed by atoms with Crippen LogP contribution in [0.25, 0.3) is 0 Å². The molecule has 2 nitrogen and oxygen atoms in total. The number of amides is 1. The second kappa shape index (κ2) is 6.86. The van der Waals surface area contributed by atoms with Crippen molar-refractivity contribution in [3.05, 3.63) is 70.0 Å². The number of carbonyl (C=O) groups excluding carboxylic acids is 1. The van der Waals surface area contributed by atoms with Crippen LogP contribution in [0.2, 0.25) is 5.02 Å². The van der Waals surface area contributed by atoms with Gasteiger partial charge in [-0.05, 0) is 23.3 Å². The molecule has 2 aromatic rings. The van der Waals surface area contributed by atoms with Crippen LogP contribution in [0.3, 0.4) is 0 Å². The summed E-state index contributed by atoms with van der Waals surface area (Å²) in [6.45, 7) is 0.325. The predicted molar refractivity (Wildman–Crippen MR) is 81.7 cm³/mol. The van der Waals surface area contributed by atoms with E-state index >= 15 is 0 Å². The average Bonchev–Trinajstić information content (AvgIpc) is 2.45. The number of halogens is 3. The number of alkyl halides is 1. The zero-order chi connectivity index (χ0) is 14.5. The predicted octanol–water partition coefficient (Wildman–Crippen LogP) is 4.30. The Balaban J connectivity index is 2.05. The third-order valence-corrected chi connectivity index (χ3v) is 3.78. The normalized spacial score (nSPS) is 10.3. The standard InChI is InChI=1S/C15H12BrClFNO/c16-8-10-4-6-11(7-5-10)9-19-15(20)14-12(17)2-1-3-13(14)18/h1-7H,8-9H2,(H,19,20). The lowest BCUT2D eigenvalue weighted by Gasteiger charge is -2.08. The number of rotatable bonds is 4. The molecule has 0 fully saturated rings. The fraction of sp³-hybridized carbons (Fsp3) is 0.133. The number of hydrogen-bond acceptors (Lipinski definition) is 1. The zero-order valence-corrected chi connectivity index (χ0v) is 12.8. The lowest BCUT2D eigenvalue weighted by molar-refractivity contribution is 0.0947. The van der Waals surface area contributed by atoms with Gasteiger partial charge in [0, 0.05) is 11.9 Å². The van der Waals surface area contributed by atoms with Gasteiger partial charge in [-0.1, -0.05) is 57.9 Å². The Kier molecular flexibility index (Phi) is 5.15. The molecule has 0 aliphatic carbocycles. The van der Waals surface area contributed by atoms with Crippen molar-refractivity contribution < 1.29 is 9.18 Å². The molecule has 0 heterocycles. The molecular weight excluding hydrogens is 345 g/mol. The van der Waals surface area contributed by atoms with E-state index in [0.29, 0.717) is 6.54 Å². The van der Waals surface area contributed by atoms with Crippen LogP contribution in [0.15, 0.2) is 42.5 Å². The topological polar surface area (TPSA) is 29.1 Å². The summed E-state index contributed by atoms with van der Waals surface area (Å²) in [5.41, 5.74) is 1.97. The monoisotopic (exact) mass is 355 g/mol. The van der Waals surface area contributed by atoms with E-state index in [1.165, 1.54) is 18.2 Å². The van der Waals surface area contributed by atoms with Crippen LogP contribution in [0.4, 0.5) is 4.39 Å². The molecule has 104 valence electrons. The van der Waals surface area contributed by atoms with Crippen LogP contribution in [0.1, 0.15) is 21.5 Å². The van der Waals surface area contributed by atoms with Crippen molar-refractivity contribution in [2.45, 2.75) is 11.9 Å². The van der Waals surface area contributed by atoms with Crippen molar-refractivity contribution in [2.24, 2.45) is 0 Å². The Labute approximate surface area is 130 Å². The van der Waals surface area contributed by atoms with E-state index in [2.05, 4.69) is 21.2 Å². The highest BCUT2D eigenvalue weighted by Crippen LogP contribution is 2.18. The summed E-state index contributed by atoms with van der Waals surface area (Å²) in [6, 6.07) is 11.9. The molecule has 1 amide bonds. The van der Waals surface area contributed by atoms with E-state index in [4.69, 9.17) is 11.6 Å². The van der Waals surface area contributed by atoms with Gasteiger partial charge in [0.1, 0.15) is 5.82 Å². The van der Waals surface area contributed by atoms with Gasteiger partial charge in [-0.3, -0.25) is 4.79 Å². The molecule has 5 heteroatoms. The number of nitrogens with one attached hydrogen (secondary N) is 1. The molecule has 0 radical (unpaired) electrons. The van der Waals surface area contributed by atoms with Gasteiger partial charge in [-0.25, -0.2) is 4.39 Å². The summed E-state index contributed by atoms with van der Waals surface area (Å²) < 4.78 is 13.6. The molecule has 0 spiro atoms. The molecule has 0 bridgehead atoms. The molecule has 20 heavy (non-hydrogen) atoms. The van der Waals surface area contributed by atoms with E-state index in [-0.39, 0.29) is 10.6 Å². The third kappa shape index (κ3) is 3.58. The van der Waals surface area contributed by atoms with E-state index in [1.807, 2.05) is 24.3 Å². The van der Waals surface area contributed by atoms with Crippen LogP contribution in [-0.2, 0) is 11.9 Å². The average molecular weight is 357 g/mol. The van der Waals surface area contributed by atoms with Crippen molar-refractivity contribution in [1.29, 1.82) is 0 Å². The van der Waals surface area contributed by atoms with Gasteiger partial charge in [0.25, 0.3) is 5.91 Å². The first kappa shape index (κ1) is 15.0. The van der Waals surface area contributed by atoms with Gasteiger partial charge >= 0.3 is 0 Å². The quantitative estimate of drug-likeness (QED) is 0.813. The number of benzene rings is 2. The van der Waals surface area contributed by atoms with Crippen molar-refractivity contribution in [2.75, 3.05) is 0 Å². The molecule has 1 N–H and O–H groups in total. The maximum absolute atomic E-state index is 13.6. The summed E-state index contributed by atoms with van der Waals surface area (Å²) in [7, 11) is 0. The second-order valence-corrected chi connectivity index (χ2v) is 5.20. The van der Waals surface area contributed by atoms with E-state index in [1.54, 1.807) is 0 Å². The van der Waals surface area contributed by atoms with E-state index in [0.717, 1.165) is 16.5 Å². The first-order chi connectivity index (χ1) is 9.61. The zero-order valence-electron chi connectivity index (χ0n) is 10.5. The van der Waals surface area contributed by atoms with Crippen molar-refractivity contribution >= 4 is 33.4 Å². The molecule has 0 aromatic heterocycles. The van der Waals surface area contributed by atoms with Gasteiger partial charge in [0.2, 0.25) is 0 Å². The third-order valence-electron chi connectivity index (χ3n) is 2.82. The van der Waals surface area contributed by atoms with E-state index in [9.17, 15) is 9.18 Å². The number of hydrogen-bond donors (Lipinski definition) is 1. The SMILES string of the molecule is O=C(NCc1ccc(CBr)cc1)c1c(F)cccc1Cl. The minimum Gasteiger partial charge on any atom is -0.348 e. The summed E-state index contributed by atoms with van der Waals surface area (Å²) in [5.74, 6) is -1.14. The number of carbonyl (C=O) groups is 1. The Hall–Kier alpha value is -1.39. The Bertz CT molecular complexity index is 596. The molecule has 0 saturated heterocycles. The van der Waals surface area contributed by atoms with Gasteiger partial charge in [0.15, 0.2) is 0 Å². The maximum atomic E-state index is 13.6. The maximum Gasteiger partial charge on any atom is 0.256 e. The minimum atomic E-state index is -0.621. The van der Waals surface area contributed by atoms with Crippen LogP contribution in [0.5, 0.6) is 0 Å². The lowest BCUT2D eigenvalue weighted by Crippen LogP contribution is -2.24. The molecule has 0 unspecified atom stereocenters. The first-order valence-corrected chi connectivity index (χ1v) is 7.47. The van der Waals surface area contributed by atoms with Crippen molar-refractivity contribution in [3.8, 4) is 0 Å². The minimum absolute atomic E-state index is 0.108. The highest BCUT2D eigenvalue weighted by atomic mass is 79.9. The van der Waals surface area contributed by atoms with Crippen molar-refractivity contribution in [3.63, 3.8) is 0 Å². The van der Waals surface area contributed by atoms with Crippen LogP contribution < -0.4 is 5.32 Å². The Morgan fingerprint density at radius 2 is 1.80 bits per heavy atom. The van der Waals surface area contributed by atoms with E-state index < -0.39 is 11.7 Å². The van der Waals surface area contributed by atoms with Gasteiger partial charge in [0.05, 0.1) is 10.6 Å². The molecule has 0 aliphatic rings. The second-order valence-electron chi connectivity index (χ2n) is 4.23. The smallest absolute Gasteiger partial charge is 0.256 e. The lowest BCUT2D eigenvalue weighted by atomic mass is 10.1. The molecule has 2 rings (SSSR count). The van der Waals surface area contributed by atoms with Gasteiger partial charge in [-0.15, -0.1) is 0 Å². The molecule has 0 atom stereocenters.